The first kappa shape index (κ1) is 10.9. The largest absolute Gasteiger partial charge is 0.341 e. The highest BCUT2D eigenvalue weighted by molar-refractivity contribution is 5.79. The number of nitrogens with zero attached hydrogens (tertiary/aromatic N) is 1. The van der Waals surface area contributed by atoms with Gasteiger partial charge in [-0.25, -0.2) is 0 Å². The Kier molecular flexibility index (Phi) is 3.29. The molecule has 0 radical (unpaired) electrons. The highest BCUT2D eigenvalue weighted by Gasteiger charge is 2.29. The van der Waals surface area contributed by atoms with Gasteiger partial charge >= 0.3 is 0 Å². The van der Waals surface area contributed by atoms with Gasteiger partial charge in [0.05, 0.1) is 0 Å². The van der Waals surface area contributed by atoms with Crippen LogP contribution in [0.3, 0.4) is 0 Å². The van der Waals surface area contributed by atoms with E-state index in [0.717, 1.165) is 24.9 Å². The van der Waals surface area contributed by atoms with Crippen LogP contribution in [0.15, 0.2) is 0 Å². The van der Waals surface area contributed by atoms with Gasteiger partial charge in [0, 0.05) is 25.6 Å². The summed E-state index contributed by atoms with van der Waals surface area (Å²) >= 11 is 0. The van der Waals surface area contributed by atoms with Crippen LogP contribution in [0.25, 0.3) is 0 Å². The van der Waals surface area contributed by atoms with Gasteiger partial charge in [-0.15, -0.1) is 0 Å². The molecule has 3 nitrogen and oxygen atoms in total. The predicted octanol–water partition coefficient (Wildman–Crippen LogP) is 1.37. The molecule has 0 aromatic heterocycles. The van der Waals surface area contributed by atoms with Crippen LogP contribution < -0.4 is 5.73 Å². The second-order valence-electron chi connectivity index (χ2n) is 5.39. The average molecular weight is 210 g/mol. The number of carbonyl (C=O) groups is 1. The lowest BCUT2D eigenvalue weighted by atomic mass is 9.83. The molecule has 0 aromatic rings. The third-order valence-electron chi connectivity index (χ3n) is 3.86. The van der Waals surface area contributed by atoms with Crippen molar-refractivity contribution in [1.82, 2.24) is 4.90 Å². The van der Waals surface area contributed by atoms with E-state index in [0.29, 0.717) is 6.42 Å². The molecule has 1 aliphatic heterocycles. The molecule has 0 spiro atoms. The van der Waals surface area contributed by atoms with E-state index in [1.165, 1.54) is 25.7 Å². The van der Waals surface area contributed by atoms with E-state index in [1.807, 2.05) is 4.90 Å². The molecule has 1 unspecified atom stereocenters. The predicted molar refractivity (Wildman–Crippen MR) is 60.3 cm³/mol. The summed E-state index contributed by atoms with van der Waals surface area (Å²) in [7, 11) is 0. The third-order valence-corrected chi connectivity index (χ3v) is 3.86. The van der Waals surface area contributed by atoms with Crippen molar-refractivity contribution in [3.05, 3.63) is 0 Å². The summed E-state index contributed by atoms with van der Waals surface area (Å²) in [6, 6.07) is 0.0833. The second-order valence-corrected chi connectivity index (χ2v) is 5.39. The van der Waals surface area contributed by atoms with Crippen LogP contribution in [0.5, 0.6) is 0 Å². The van der Waals surface area contributed by atoms with Gasteiger partial charge in [-0.3, -0.25) is 4.79 Å². The van der Waals surface area contributed by atoms with Crippen LogP contribution in [-0.2, 0) is 4.79 Å². The molecule has 2 N–H and O–H groups in total. The van der Waals surface area contributed by atoms with Crippen LogP contribution in [0.1, 0.15) is 39.0 Å². The van der Waals surface area contributed by atoms with Crippen molar-refractivity contribution in [3.63, 3.8) is 0 Å². The lowest BCUT2D eigenvalue weighted by Gasteiger charge is -2.29. The molecule has 1 saturated heterocycles. The lowest BCUT2D eigenvalue weighted by Crippen LogP contribution is -2.34. The first-order valence-corrected chi connectivity index (χ1v) is 6.18. The average Bonchev–Trinajstić information content (AvgIpc) is 2.49. The van der Waals surface area contributed by atoms with E-state index < -0.39 is 0 Å². The van der Waals surface area contributed by atoms with Gasteiger partial charge in [-0.05, 0) is 24.7 Å². The minimum Gasteiger partial charge on any atom is -0.341 e. The number of rotatable bonds is 2. The van der Waals surface area contributed by atoms with E-state index in [2.05, 4.69) is 6.92 Å². The molecule has 0 aromatic carbocycles. The molecule has 1 heterocycles. The number of carbonyl (C=O) groups excluding carboxylic acids is 1. The summed E-state index contributed by atoms with van der Waals surface area (Å²) in [5.74, 6) is 1.88. The highest BCUT2D eigenvalue weighted by atomic mass is 16.2. The standard InChI is InChI=1S/C12H22N2O/c1-9-2-4-10(5-3-9)7-14-8-11(13)6-12(14)15/h9-11H,2-8,13H2,1H3. The second kappa shape index (κ2) is 4.52. The Morgan fingerprint density at radius 3 is 2.53 bits per heavy atom. The fourth-order valence-corrected chi connectivity index (χ4v) is 2.80. The Morgan fingerprint density at radius 1 is 1.33 bits per heavy atom. The van der Waals surface area contributed by atoms with Gasteiger partial charge in [0.15, 0.2) is 0 Å². The Hall–Kier alpha value is -0.570. The van der Waals surface area contributed by atoms with Crippen molar-refractivity contribution in [1.29, 1.82) is 0 Å². The molecule has 3 heteroatoms. The number of hydrogen-bond acceptors (Lipinski definition) is 2. The van der Waals surface area contributed by atoms with Crippen LogP contribution >= 0.6 is 0 Å². The minimum atomic E-state index is 0.0833. The van der Waals surface area contributed by atoms with Gasteiger partial charge in [-0.2, -0.15) is 0 Å². The molecule has 2 fully saturated rings. The Labute approximate surface area is 92.0 Å². The maximum atomic E-state index is 11.6. The van der Waals surface area contributed by atoms with E-state index >= 15 is 0 Å². The molecule has 86 valence electrons. The molecule has 1 saturated carbocycles. The van der Waals surface area contributed by atoms with E-state index in [-0.39, 0.29) is 11.9 Å². The van der Waals surface area contributed by atoms with Crippen molar-refractivity contribution in [2.75, 3.05) is 13.1 Å². The number of nitrogens with two attached hydrogens (primary N) is 1. The van der Waals surface area contributed by atoms with Crippen molar-refractivity contribution in [2.24, 2.45) is 17.6 Å². The van der Waals surface area contributed by atoms with Gasteiger partial charge in [-0.1, -0.05) is 19.8 Å². The molecule has 1 atom stereocenters. The maximum absolute atomic E-state index is 11.6. The molecule has 1 aliphatic carbocycles. The first-order chi connectivity index (χ1) is 7.15. The molecule has 15 heavy (non-hydrogen) atoms. The molecule has 2 rings (SSSR count). The lowest BCUT2D eigenvalue weighted by molar-refractivity contribution is -0.128. The topological polar surface area (TPSA) is 46.3 Å². The van der Waals surface area contributed by atoms with Crippen LogP contribution in [0.2, 0.25) is 0 Å². The van der Waals surface area contributed by atoms with Gasteiger partial charge in [0.1, 0.15) is 0 Å². The summed E-state index contributed by atoms with van der Waals surface area (Å²) in [6.07, 6.45) is 5.81. The van der Waals surface area contributed by atoms with Crippen LogP contribution in [0, 0.1) is 11.8 Å². The number of likely N-dealkylation sites (tertiary alicyclic amines) is 1. The molecule has 1 amide bonds. The number of amides is 1. The van der Waals surface area contributed by atoms with Crippen LogP contribution in [0.4, 0.5) is 0 Å². The minimum absolute atomic E-state index is 0.0833. The van der Waals surface area contributed by atoms with Crippen molar-refractivity contribution >= 4 is 5.91 Å². The van der Waals surface area contributed by atoms with Crippen LogP contribution in [-0.4, -0.2) is 29.9 Å². The molecule has 2 aliphatic rings. The van der Waals surface area contributed by atoms with E-state index in [4.69, 9.17) is 5.73 Å². The summed E-state index contributed by atoms with van der Waals surface area (Å²) in [5, 5.41) is 0. The Balaban J connectivity index is 1.79. The Bertz CT molecular complexity index is 234. The summed E-state index contributed by atoms with van der Waals surface area (Å²) in [5.41, 5.74) is 5.78. The maximum Gasteiger partial charge on any atom is 0.224 e. The summed E-state index contributed by atoms with van der Waals surface area (Å²) in [4.78, 5) is 13.5. The van der Waals surface area contributed by atoms with Gasteiger partial charge in [0.2, 0.25) is 5.91 Å². The van der Waals surface area contributed by atoms with E-state index in [1.54, 1.807) is 0 Å². The van der Waals surface area contributed by atoms with Crippen molar-refractivity contribution in [2.45, 2.75) is 45.1 Å². The van der Waals surface area contributed by atoms with E-state index in [9.17, 15) is 4.79 Å². The fraction of sp³-hybridized carbons (Fsp3) is 0.917. The summed E-state index contributed by atoms with van der Waals surface area (Å²) < 4.78 is 0. The highest BCUT2D eigenvalue weighted by Crippen LogP contribution is 2.29. The quantitative estimate of drug-likeness (QED) is 0.748. The zero-order chi connectivity index (χ0) is 10.8. The molecular weight excluding hydrogens is 188 g/mol. The zero-order valence-corrected chi connectivity index (χ0v) is 9.61. The molecule has 0 bridgehead atoms. The zero-order valence-electron chi connectivity index (χ0n) is 9.61. The normalized spacial score (nSPS) is 37.3. The summed E-state index contributed by atoms with van der Waals surface area (Å²) in [6.45, 7) is 4.07. The SMILES string of the molecule is CC1CCC(CN2CC(N)CC2=O)CC1. The van der Waals surface area contributed by atoms with Crippen molar-refractivity contribution in [3.8, 4) is 0 Å². The Morgan fingerprint density at radius 2 is 2.00 bits per heavy atom. The fourth-order valence-electron chi connectivity index (χ4n) is 2.80. The molecular formula is C12H22N2O. The van der Waals surface area contributed by atoms with Gasteiger partial charge < -0.3 is 10.6 Å². The number of hydrogen-bond donors (Lipinski definition) is 1. The van der Waals surface area contributed by atoms with Crippen molar-refractivity contribution < 1.29 is 4.79 Å². The third kappa shape index (κ3) is 2.71. The van der Waals surface area contributed by atoms with Gasteiger partial charge in [0.25, 0.3) is 0 Å². The first-order valence-electron chi connectivity index (χ1n) is 6.18. The smallest absolute Gasteiger partial charge is 0.224 e. The monoisotopic (exact) mass is 210 g/mol.